The third-order valence-corrected chi connectivity index (χ3v) is 6.44. The summed E-state index contributed by atoms with van der Waals surface area (Å²) < 4.78 is 4.52. The van der Waals surface area contributed by atoms with Crippen LogP contribution in [0.25, 0.3) is 11.1 Å². The summed E-state index contributed by atoms with van der Waals surface area (Å²) in [6.45, 7) is 7.35. The van der Waals surface area contributed by atoms with Crippen LogP contribution in [0.3, 0.4) is 0 Å². The van der Waals surface area contributed by atoms with Crippen LogP contribution in [0.15, 0.2) is 67.0 Å². The van der Waals surface area contributed by atoms with Crippen LogP contribution in [-0.2, 0) is 25.7 Å². The number of ether oxygens (including phenoxy) is 1. The van der Waals surface area contributed by atoms with Gasteiger partial charge in [0.05, 0.1) is 13.7 Å². The number of methoxy groups -OCH3 is 1. The van der Waals surface area contributed by atoms with Crippen molar-refractivity contribution in [1.82, 2.24) is 10.2 Å². The molecule has 4 rings (SSSR count). The highest BCUT2D eigenvalue weighted by Crippen LogP contribution is 2.35. The second-order valence-corrected chi connectivity index (χ2v) is 8.64. The number of rotatable bonds is 7. The van der Waals surface area contributed by atoms with E-state index in [-0.39, 0.29) is 35.7 Å². The number of fused-ring (bicyclic) bond motifs is 1. The molecule has 1 aliphatic carbocycles. The monoisotopic (exact) mass is 473 g/mol. The minimum absolute atomic E-state index is 0.0590. The number of benzene rings is 2. The first-order valence-corrected chi connectivity index (χ1v) is 11.4. The van der Waals surface area contributed by atoms with Gasteiger partial charge in [0.2, 0.25) is 5.91 Å². The number of amides is 3. The molecule has 0 radical (unpaired) electrons. The molecule has 0 saturated heterocycles. The molecule has 0 unspecified atom stereocenters. The topological polar surface area (TPSA) is 105 Å². The van der Waals surface area contributed by atoms with Crippen molar-refractivity contribution >= 4 is 29.4 Å². The largest absolute Gasteiger partial charge is 0.464 e. The van der Waals surface area contributed by atoms with Gasteiger partial charge in [0.15, 0.2) is 0 Å². The van der Waals surface area contributed by atoms with Crippen molar-refractivity contribution in [2.24, 2.45) is 5.92 Å². The van der Waals surface area contributed by atoms with Gasteiger partial charge in [-0.1, -0.05) is 50.3 Å². The first-order chi connectivity index (χ1) is 16.8. The standard InChI is InChI=1S/C27H27N3O5/c1-16(27(34)35-3)28-24(31)17(2)30-15-23-21(9-6-10-22(23)26(30)33)18-11-13-20(14-12-18)29-25(32)19-7-4-5-8-19/h6,9-14,19H,1-2,4-5,7-8,15H2,3H3,(H,28,31)(H,29,32). The van der Waals surface area contributed by atoms with Crippen LogP contribution >= 0.6 is 0 Å². The molecule has 0 aromatic heterocycles. The zero-order valence-corrected chi connectivity index (χ0v) is 19.6. The molecule has 1 fully saturated rings. The molecule has 2 aliphatic rings. The summed E-state index contributed by atoms with van der Waals surface area (Å²) in [5, 5.41) is 5.29. The van der Waals surface area contributed by atoms with Crippen molar-refractivity contribution in [3.63, 3.8) is 0 Å². The minimum Gasteiger partial charge on any atom is -0.464 e. The average molecular weight is 474 g/mol. The van der Waals surface area contributed by atoms with E-state index in [1.807, 2.05) is 30.3 Å². The van der Waals surface area contributed by atoms with Crippen molar-refractivity contribution in [2.45, 2.75) is 32.2 Å². The number of hydrogen-bond acceptors (Lipinski definition) is 5. The van der Waals surface area contributed by atoms with E-state index in [0.29, 0.717) is 5.56 Å². The Kier molecular flexibility index (Phi) is 6.82. The molecule has 2 N–H and O–H groups in total. The van der Waals surface area contributed by atoms with E-state index < -0.39 is 11.9 Å². The number of carbonyl (C=O) groups is 4. The summed E-state index contributed by atoms with van der Waals surface area (Å²) >= 11 is 0. The van der Waals surface area contributed by atoms with Gasteiger partial charge < -0.3 is 15.4 Å². The number of hydrogen-bond donors (Lipinski definition) is 2. The Balaban J connectivity index is 1.49. The molecule has 2 aromatic rings. The summed E-state index contributed by atoms with van der Waals surface area (Å²) in [4.78, 5) is 50.7. The highest BCUT2D eigenvalue weighted by atomic mass is 16.5. The molecule has 0 atom stereocenters. The molecule has 35 heavy (non-hydrogen) atoms. The smallest absolute Gasteiger partial charge is 0.353 e. The van der Waals surface area contributed by atoms with E-state index >= 15 is 0 Å². The normalized spacial score (nSPS) is 14.9. The van der Waals surface area contributed by atoms with Crippen molar-refractivity contribution in [1.29, 1.82) is 0 Å². The molecule has 1 saturated carbocycles. The summed E-state index contributed by atoms with van der Waals surface area (Å²) in [6, 6.07) is 12.9. The summed E-state index contributed by atoms with van der Waals surface area (Å²) in [5.74, 6) is -1.72. The van der Waals surface area contributed by atoms with Gasteiger partial charge in [0, 0.05) is 17.2 Å². The molecule has 2 aromatic carbocycles. The highest BCUT2D eigenvalue weighted by Gasteiger charge is 2.33. The van der Waals surface area contributed by atoms with Gasteiger partial charge in [-0.25, -0.2) is 4.79 Å². The second-order valence-electron chi connectivity index (χ2n) is 8.64. The lowest BCUT2D eigenvalue weighted by atomic mass is 9.97. The Bertz CT molecular complexity index is 1230. The fraction of sp³-hybridized carbons (Fsp3) is 0.259. The van der Waals surface area contributed by atoms with Crippen LogP contribution < -0.4 is 10.6 Å². The highest BCUT2D eigenvalue weighted by molar-refractivity contribution is 6.08. The molecule has 8 nitrogen and oxygen atoms in total. The van der Waals surface area contributed by atoms with E-state index in [2.05, 4.69) is 28.5 Å². The predicted molar refractivity (Wildman–Crippen MR) is 131 cm³/mol. The molecular formula is C27H27N3O5. The number of carbonyl (C=O) groups excluding carboxylic acids is 4. The van der Waals surface area contributed by atoms with Crippen molar-refractivity contribution in [3.8, 4) is 11.1 Å². The van der Waals surface area contributed by atoms with E-state index in [1.54, 1.807) is 12.1 Å². The molecular weight excluding hydrogens is 446 g/mol. The Morgan fingerprint density at radius 1 is 1.00 bits per heavy atom. The molecule has 0 spiro atoms. The SMILES string of the molecule is C=C(NC(=O)C(=C)N1Cc2c(cccc2-c2ccc(NC(=O)C3CCCC3)cc2)C1=O)C(=O)OC. The quantitative estimate of drug-likeness (QED) is 0.471. The van der Waals surface area contributed by atoms with E-state index in [9.17, 15) is 19.2 Å². The van der Waals surface area contributed by atoms with Crippen LogP contribution in [0.2, 0.25) is 0 Å². The lowest BCUT2D eigenvalue weighted by molar-refractivity contribution is -0.137. The third kappa shape index (κ3) is 4.87. The summed E-state index contributed by atoms with van der Waals surface area (Å²) in [6.07, 6.45) is 4.06. The lowest BCUT2D eigenvalue weighted by Gasteiger charge is -2.18. The fourth-order valence-electron chi connectivity index (χ4n) is 4.49. The second kappa shape index (κ2) is 9.97. The fourth-order valence-corrected chi connectivity index (χ4v) is 4.49. The van der Waals surface area contributed by atoms with Gasteiger partial charge in [0.25, 0.3) is 11.8 Å². The van der Waals surface area contributed by atoms with Gasteiger partial charge in [-0.2, -0.15) is 0 Å². The van der Waals surface area contributed by atoms with Gasteiger partial charge >= 0.3 is 5.97 Å². The van der Waals surface area contributed by atoms with Gasteiger partial charge in [-0.05, 0) is 47.7 Å². The van der Waals surface area contributed by atoms with Gasteiger partial charge in [0.1, 0.15) is 11.4 Å². The van der Waals surface area contributed by atoms with Gasteiger partial charge in [-0.3, -0.25) is 19.3 Å². The van der Waals surface area contributed by atoms with Crippen LogP contribution in [-0.4, -0.2) is 35.7 Å². The van der Waals surface area contributed by atoms with Gasteiger partial charge in [-0.15, -0.1) is 0 Å². The Hall–Kier alpha value is -4.20. The number of esters is 1. The summed E-state index contributed by atoms with van der Waals surface area (Å²) in [5.41, 5.74) is 3.34. The Morgan fingerprint density at radius 2 is 1.66 bits per heavy atom. The first-order valence-electron chi connectivity index (χ1n) is 11.4. The first kappa shape index (κ1) is 23.9. The lowest BCUT2D eigenvalue weighted by Crippen LogP contribution is -2.36. The Labute approximate surface area is 203 Å². The van der Waals surface area contributed by atoms with E-state index in [4.69, 9.17) is 0 Å². The van der Waals surface area contributed by atoms with E-state index in [1.165, 1.54) is 12.0 Å². The van der Waals surface area contributed by atoms with Crippen LogP contribution in [0.1, 0.15) is 41.6 Å². The Morgan fingerprint density at radius 3 is 2.31 bits per heavy atom. The predicted octanol–water partition coefficient (Wildman–Crippen LogP) is 3.75. The molecule has 180 valence electrons. The molecule has 3 amide bonds. The van der Waals surface area contributed by atoms with Crippen LogP contribution in [0.4, 0.5) is 5.69 Å². The third-order valence-electron chi connectivity index (χ3n) is 6.44. The van der Waals surface area contributed by atoms with Crippen molar-refractivity contribution in [2.75, 3.05) is 12.4 Å². The number of anilines is 1. The zero-order chi connectivity index (χ0) is 25.1. The molecule has 1 aliphatic heterocycles. The molecule has 8 heteroatoms. The summed E-state index contributed by atoms with van der Waals surface area (Å²) in [7, 11) is 1.17. The number of nitrogens with zero attached hydrogens (tertiary/aromatic N) is 1. The maximum Gasteiger partial charge on any atom is 0.353 e. The molecule has 0 bridgehead atoms. The molecule has 1 heterocycles. The average Bonchev–Trinajstić information content (AvgIpc) is 3.52. The van der Waals surface area contributed by atoms with E-state index in [0.717, 1.165) is 48.1 Å². The maximum absolute atomic E-state index is 13.0. The van der Waals surface area contributed by atoms with Crippen LogP contribution in [0, 0.1) is 5.92 Å². The number of nitrogens with one attached hydrogen (secondary N) is 2. The van der Waals surface area contributed by atoms with Crippen molar-refractivity contribution in [3.05, 3.63) is 78.1 Å². The minimum atomic E-state index is -0.785. The van der Waals surface area contributed by atoms with Crippen LogP contribution in [0.5, 0.6) is 0 Å². The maximum atomic E-state index is 13.0. The zero-order valence-electron chi connectivity index (χ0n) is 19.6. The van der Waals surface area contributed by atoms with Crippen molar-refractivity contribution < 1.29 is 23.9 Å².